The maximum atomic E-state index is 12.5. The molecular formula is C15H20N2O3S. The molecule has 2 heterocycles. The topological polar surface area (TPSA) is 66.5 Å². The standard InChI is InChI=1S/C15H20N2O3S/c1-11-8-12-4-2-3-5-14(12)17(11)15(18)9-16-13-6-7-21(19,20)10-13/h2-5,11,13,16H,6-10H2,1H3. The van der Waals surface area contributed by atoms with Crippen molar-refractivity contribution < 1.29 is 13.2 Å². The molecule has 1 saturated heterocycles. The zero-order valence-electron chi connectivity index (χ0n) is 12.1. The van der Waals surface area contributed by atoms with Gasteiger partial charge >= 0.3 is 0 Å². The van der Waals surface area contributed by atoms with Crippen LogP contribution in [0.5, 0.6) is 0 Å². The molecular weight excluding hydrogens is 288 g/mol. The molecule has 1 amide bonds. The van der Waals surface area contributed by atoms with Gasteiger partial charge in [-0.05, 0) is 31.4 Å². The zero-order valence-corrected chi connectivity index (χ0v) is 12.9. The fourth-order valence-electron chi connectivity index (χ4n) is 3.22. The van der Waals surface area contributed by atoms with Gasteiger partial charge in [-0.25, -0.2) is 8.42 Å². The highest BCUT2D eigenvalue weighted by Crippen LogP contribution is 2.31. The number of sulfone groups is 1. The quantitative estimate of drug-likeness (QED) is 0.894. The predicted octanol–water partition coefficient (Wildman–Crippen LogP) is 0.741. The molecule has 0 saturated carbocycles. The lowest BCUT2D eigenvalue weighted by Crippen LogP contribution is -2.44. The van der Waals surface area contributed by atoms with E-state index >= 15 is 0 Å². The second-order valence-electron chi connectivity index (χ2n) is 5.93. The van der Waals surface area contributed by atoms with E-state index in [0.29, 0.717) is 6.42 Å². The van der Waals surface area contributed by atoms with Crippen molar-refractivity contribution in [1.29, 1.82) is 0 Å². The highest BCUT2D eigenvalue weighted by atomic mass is 32.2. The average Bonchev–Trinajstić information content (AvgIpc) is 2.94. The van der Waals surface area contributed by atoms with Crippen LogP contribution in [-0.4, -0.2) is 44.5 Å². The summed E-state index contributed by atoms with van der Waals surface area (Å²) in [6.07, 6.45) is 1.47. The number of hydrogen-bond acceptors (Lipinski definition) is 4. The highest BCUT2D eigenvalue weighted by molar-refractivity contribution is 7.91. The molecule has 3 rings (SSSR count). The first-order valence-electron chi connectivity index (χ1n) is 7.30. The van der Waals surface area contributed by atoms with Crippen LogP contribution < -0.4 is 10.2 Å². The van der Waals surface area contributed by atoms with Gasteiger partial charge in [-0.15, -0.1) is 0 Å². The molecule has 0 aromatic heterocycles. The minimum Gasteiger partial charge on any atom is -0.308 e. The molecule has 114 valence electrons. The fourth-order valence-corrected chi connectivity index (χ4v) is 4.93. The molecule has 6 heteroatoms. The van der Waals surface area contributed by atoms with Gasteiger partial charge in [0.2, 0.25) is 5.91 Å². The van der Waals surface area contributed by atoms with Crippen LogP contribution in [0.1, 0.15) is 18.9 Å². The molecule has 0 radical (unpaired) electrons. The summed E-state index contributed by atoms with van der Waals surface area (Å²) in [5.41, 5.74) is 2.18. The summed E-state index contributed by atoms with van der Waals surface area (Å²) in [6, 6.07) is 8.01. The molecule has 5 nitrogen and oxygen atoms in total. The minimum atomic E-state index is -2.91. The summed E-state index contributed by atoms with van der Waals surface area (Å²) in [5.74, 6) is 0.380. The van der Waals surface area contributed by atoms with Gasteiger partial charge in [0.15, 0.2) is 9.84 Å². The maximum Gasteiger partial charge on any atom is 0.241 e. The van der Waals surface area contributed by atoms with Gasteiger partial charge in [0.1, 0.15) is 0 Å². The lowest BCUT2D eigenvalue weighted by atomic mass is 10.1. The smallest absolute Gasteiger partial charge is 0.241 e. The summed E-state index contributed by atoms with van der Waals surface area (Å²) >= 11 is 0. The van der Waals surface area contributed by atoms with E-state index in [0.717, 1.165) is 12.1 Å². The zero-order chi connectivity index (χ0) is 15.0. The monoisotopic (exact) mass is 308 g/mol. The molecule has 2 aliphatic rings. The number of para-hydroxylation sites is 1. The number of benzene rings is 1. The number of amides is 1. The Kier molecular flexibility index (Phi) is 3.75. The van der Waals surface area contributed by atoms with E-state index < -0.39 is 9.84 Å². The van der Waals surface area contributed by atoms with E-state index in [-0.39, 0.29) is 36.0 Å². The predicted molar refractivity (Wildman–Crippen MR) is 82.2 cm³/mol. The third kappa shape index (κ3) is 2.96. The molecule has 1 N–H and O–H groups in total. The Hall–Kier alpha value is -1.40. The molecule has 0 bridgehead atoms. The number of carbonyl (C=O) groups is 1. The summed E-state index contributed by atoms with van der Waals surface area (Å²) < 4.78 is 22.8. The van der Waals surface area contributed by atoms with Crippen molar-refractivity contribution in [2.24, 2.45) is 0 Å². The van der Waals surface area contributed by atoms with Crippen LogP contribution in [0.25, 0.3) is 0 Å². The Bertz CT molecular complexity index is 657. The molecule has 0 spiro atoms. The van der Waals surface area contributed by atoms with Crippen LogP contribution in [0.2, 0.25) is 0 Å². The largest absolute Gasteiger partial charge is 0.308 e. The second kappa shape index (κ2) is 5.42. The SMILES string of the molecule is CC1Cc2ccccc2N1C(=O)CNC1CCS(=O)(=O)C1. The lowest BCUT2D eigenvalue weighted by Gasteiger charge is -2.23. The van der Waals surface area contributed by atoms with Crippen LogP contribution in [0, 0.1) is 0 Å². The first-order chi connectivity index (χ1) is 9.96. The van der Waals surface area contributed by atoms with Crippen LogP contribution >= 0.6 is 0 Å². The average molecular weight is 308 g/mol. The Morgan fingerprint density at radius 2 is 2.14 bits per heavy atom. The van der Waals surface area contributed by atoms with Gasteiger partial charge in [0, 0.05) is 17.8 Å². The van der Waals surface area contributed by atoms with Crippen molar-refractivity contribution in [3.8, 4) is 0 Å². The molecule has 2 aliphatic heterocycles. The van der Waals surface area contributed by atoms with Gasteiger partial charge in [-0.1, -0.05) is 18.2 Å². The van der Waals surface area contributed by atoms with Crippen LogP contribution in [0.15, 0.2) is 24.3 Å². The number of nitrogens with zero attached hydrogens (tertiary/aromatic N) is 1. The van der Waals surface area contributed by atoms with Gasteiger partial charge < -0.3 is 10.2 Å². The summed E-state index contributed by atoms with van der Waals surface area (Å²) in [5, 5.41) is 3.09. The van der Waals surface area contributed by atoms with E-state index in [9.17, 15) is 13.2 Å². The highest BCUT2D eigenvalue weighted by Gasteiger charge is 2.32. The van der Waals surface area contributed by atoms with E-state index in [2.05, 4.69) is 11.4 Å². The van der Waals surface area contributed by atoms with Gasteiger partial charge in [-0.3, -0.25) is 4.79 Å². The number of fused-ring (bicyclic) bond motifs is 1. The molecule has 1 aromatic carbocycles. The first kappa shape index (κ1) is 14.5. The van der Waals surface area contributed by atoms with Gasteiger partial charge in [0.25, 0.3) is 0 Å². The number of hydrogen-bond donors (Lipinski definition) is 1. The number of carbonyl (C=O) groups excluding carboxylic acids is 1. The van der Waals surface area contributed by atoms with Crippen molar-refractivity contribution in [2.75, 3.05) is 23.0 Å². The Morgan fingerprint density at radius 1 is 1.38 bits per heavy atom. The lowest BCUT2D eigenvalue weighted by molar-refractivity contribution is -0.118. The van der Waals surface area contributed by atoms with Crippen molar-refractivity contribution >= 4 is 21.4 Å². The van der Waals surface area contributed by atoms with E-state index in [1.807, 2.05) is 30.0 Å². The minimum absolute atomic E-state index is 0.0109. The van der Waals surface area contributed by atoms with Crippen molar-refractivity contribution in [3.63, 3.8) is 0 Å². The molecule has 21 heavy (non-hydrogen) atoms. The summed E-state index contributed by atoms with van der Waals surface area (Å²) in [4.78, 5) is 14.3. The molecule has 0 aliphatic carbocycles. The van der Waals surface area contributed by atoms with Gasteiger partial charge in [0.05, 0.1) is 18.1 Å². The normalized spacial score (nSPS) is 26.8. The number of anilines is 1. The third-order valence-electron chi connectivity index (χ3n) is 4.25. The van der Waals surface area contributed by atoms with E-state index in [1.54, 1.807) is 0 Å². The summed E-state index contributed by atoms with van der Waals surface area (Å²) in [6.45, 7) is 2.23. The van der Waals surface area contributed by atoms with Crippen LogP contribution in [0.3, 0.4) is 0 Å². The first-order valence-corrected chi connectivity index (χ1v) is 9.12. The maximum absolute atomic E-state index is 12.5. The molecule has 2 atom stereocenters. The Balaban J connectivity index is 1.64. The van der Waals surface area contributed by atoms with Crippen molar-refractivity contribution in [3.05, 3.63) is 29.8 Å². The van der Waals surface area contributed by atoms with Crippen molar-refractivity contribution in [2.45, 2.75) is 31.8 Å². The van der Waals surface area contributed by atoms with E-state index in [1.165, 1.54) is 5.56 Å². The van der Waals surface area contributed by atoms with Gasteiger partial charge in [-0.2, -0.15) is 0 Å². The Labute approximate surface area is 125 Å². The second-order valence-corrected chi connectivity index (χ2v) is 8.16. The third-order valence-corrected chi connectivity index (χ3v) is 6.02. The molecule has 2 unspecified atom stereocenters. The van der Waals surface area contributed by atoms with Crippen molar-refractivity contribution in [1.82, 2.24) is 5.32 Å². The summed E-state index contributed by atoms with van der Waals surface area (Å²) in [7, 11) is -2.91. The molecule has 1 aromatic rings. The number of rotatable bonds is 3. The molecule has 1 fully saturated rings. The van der Waals surface area contributed by atoms with E-state index in [4.69, 9.17) is 0 Å². The van der Waals surface area contributed by atoms with Crippen LogP contribution in [-0.2, 0) is 21.1 Å². The fraction of sp³-hybridized carbons (Fsp3) is 0.533. The van der Waals surface area contributed by atoms with Crippen LogP contribution in [0.4, 0.5) is 5.69 Å². The number of nitrogens with one attached hydrogen (secondary N) is 1. The Morgan fingerprint density at radius 3 is 2.86 bits per heavy atom.